The Morgan fingerprint density at radius 1 is 1.15 bits per heavy atom. The molecule has 0 aromatic rings. The van der Waals surface area contributed by atoms with Gasteiger partial charge < -0.3 is 20.4 Å². The van der Waals surface area contributed by atoms with Gasteiger partial charge >= 0.3 is 0 Å². The van der Waals surface area contributed by atoms with E-state index in [1.165, 1.54) is 0 Å². The van der Waals surface area contributed by atoms with Crippen LogP contribution in [0.15, 0.2) is 0 Å². The molecule has 0 aliphatic heterocycles. The molecule has 6 atom stereocenters. The molecule has 0 heterocycles. The van der Waals surface area contributed by atoms with Crippen LogP contribution in [0.4, 0.5) is 0 Å². The highest BCUT2D eigenvalue weighted by Crippen LogP contribution is 2.52. The maximum atomic E-state index is 12.8. The molecule has 0 amide bonds. The fourth-order valence-corrected chi connectivity index (χ4v) is 4.12. The standard InChI is InChI=1S/C15H26O5/c1-8(2)15(20)10(16)7-14(4,19)9-5-6-13(3,18)11(9)12(15)17/h8-11,16,18-20H,5-7H2,1-4H3. The average molecular weight is 286 g/mol. The lowest BCUT2D eigenvalue weighted by atomic mass is 9.72. The van der Waals surface area contributed by atoms with Gasteiger partial charge in [0.25, 0.3) is 0 Å². The average Bonchev–Trinajstić information content (AvgIpc) is 2.59. The fraction of sp³-hybridized carbons (Fsp3) is 0.933. The number of carbonyl (C=O) groups excluding carboxylic acids is 1. The van der Waals surface area contributed by atoms with Gasteiger partial charge in [-0.15, -0.1) is 0 Å². The smallest absolute Gasteiger partial charge is 0.173 e. The molecule has 2 fully saturated rings. The molecular weight excluding hydrogens is 260 g/mol. The van der Waals surface area contributed by atoms with Gasteiger partial charge in [0.2, 0.25) is 0 Å². The molecule has 0 aromatic carbocycles. The van der Waals surface area contributed by atoms with Crippen LogP contribution in [0.1, 0.15) is 47.0 Å². The molecule has 0 spiro atoms. The van der Waals surface area contributed by atoms with Gasteiger partial charge in [-0.3, -0.25) is 4.79 Å². The van der Waals surface area contributed by atoms with E-state index in [-0.39, 0.29) is 6.42 Å². The van der Waals surface area contributed by atoms with Crippen molar-refractivity contribution >= 4 is 5.78 Å². The molecule has 5 nitrogen and oxygen atoms in total. The Balaban J connectivity index is 2.56. The van der Waals surface area contributed by atoms with Crippen LogP contribution >= 0.6 is 0 Å². The third-order valence-corrected chi connectivity index (χ3v) is 5.50. The molecule has 2 saturated carbocycles. The van der Waals surface area contributed by atoms with Crippen molar-refractivity contribution in [3.05, 3.63) is 0 Å². The zero-order valence-electron chi connectivity index (χ0n) is 12.6. The van der Waals surface area contributed by atoms with Crippen LogP contribution in [0.25, 0.3) is 0 Å². The first-order chi connectivity index (χ1) is 8.94. The number of aliphatic hydroxyl groups is 4. The quantitative estimate of drug-likeness (QED) is 0.553. The summed E-state index contributed by atoms with van der Waals surface area (Å²) in [7, 11) is 0. The van der Waals surface area contributed by atoms with Crippen molar-refractivity contribution < 1.29 is 25.2 Å². The number of hydrogen-bond donors (Lipinski definition) is 4. The first-order valence-corrected chi connectivity index (χ1v) is 7.34. The first kappa shape index (κ1) is 15.9. The van der Waals surface area contributed by atoms with Gasteiger partial charge in [-0.25, -0.2) is 0 Å². The van der Waals surface area contributed by atoms with E-state index in [1.807, 2.05) is 0 Å². The molecule has 0 aromatic heterocycles. The SMILES string of the molecule is CC(C)C1(O)C(=O)C2C(CCC2(C)O)C(C)(O)CC1O. The van der Waals surface area contributed by atoms with Crippen molar-refractivity contribution in [2.24, 2.45) is 17.8 Å². The van der Waals surface area contributed by atoms with E-state index in [1.54, 1.807) is 27.7 Å². The van der Waals surface area contributed by atoms with E-state index >= 15 is 0 Å². The molecular formula is C15H26O5. The highest BCUT2D eigenvalue weighted by Gasteiger charge is 2.63. The van der Waals surface area contributed by atoms with Gasteiger partial charge in [0.1, 0.15) is 0 Å². The minimum atomic E-state index is -1.92. The lowest BCUT2D eigenvalue weighted by Gasteiger charge is -2.38. The number of hydrogen-bond acceptors (Lipinski definition) is 5. The zero-order valence-corrected chi connectivity index (χ0v) is 12.6. The summed E-state index contributed by atoms with van der Waals surface area (Å²) in [6, 6.07) is 0. The van der Waals surface area contributed by atoms with Crippen LogP contribution in [-0.4, -0.2) is 49.1 Å². The molecule has 2 rings (SSSR count). The van der Waals surface area contributed by atoms with Crippen LogP contribution in [0.2, 0.25) is 0 Å². The maximum Gasteiger partial charge on any atom is 0.173 e. The van der Waals surface area contributed by atoms with E-state index < -0.39 is 46.4 Å². The van der Waals surface area contributed by atoms with Crippen molar-refractivity contribution in [2.75, 3.05) is 0 Å². The Morgan fingerprint density at radius 3 is 2.20 bits per heavy atom. The zero-order chi connectivity index (χ0) is 15.5. The highest BCUT2D eigenvalue weighted by molar-refractivity contribution is 5.92. The summed E-state index contributed by atoms with van der Waals surface area (Å²) >= 11 is 0. The predicted octanol–water partition coefficient (Wildman–Crippen LogP) is 0.235. The molecule has 6 unspecified atom stereocenters. The molecule has 116 valence electrons. The molecule has 0 bridgehead atoms. The second-order valence-corrected chi connectivity index (χ2v) is 7.40. The van der Waals surface area contributed by atoms with Gasteiger partial charge in [-0.05, 0) is 32.6 Å². The van der Waals surface area contributed by atoms with E-state index in [4.69, 9.17) is 0 Å². The second-order valence-electron chi connectivity index (χ2n) is 7.40. The number of ketones is 1. The number of carbonyl (C=O) groups is 1. The number of Topliss-reactive ketones (excluding diaryl/α,β-unsaturated/α-hetero) is 1. The van der Waals surface area contributed by atoms with Gasteiger partial charge in [0.15, 0.2) is 11.4 Å². The number of rotatable bonds is 1. The normalized spacial score (nSPS) is 53.0. The van der Waals surface area contributed by atoms with Gasteiger partial charge in [0.05, 0.1) is 23.2 Å². The van der Waals surface area contributed by atoms with Crippen molar-refractivity contribution in [1.29, 1.82) is 0 Å². The predicted molar refractivity (Wildman–Crippen MR) is 72.9 cm³/mol. The summed E-state index contributed by atoms with van der Waals surface area (Å²) in [5.74, 6) is -2.31. The summed E-state index contributed by atoms with van der Waals surface area (Å²) in [4.78, 5) is 12.8. The van der Waals surface area contributed by atoms with E-state index in [9.17, 15) is 25.2 Å². The molecule has 0 saturated heterocycles. The van der Waals surface area contributed by atoms with E-state index in [2.05, 4.69) is 0 Å². The Labute approximate surface area is 119 Å². The topological polar surface area (TPSA) is 98.0 Å². The lowest BCUT2D eigenvalue weighted by molar-refractivity contribution is -0.167. The molecule has 4 N–H and O–H groups in total. The van der Waals surface area contributed by atoms with Gasteiger partial charge in [0, 0.05) is 12.3 Å². The number of fused-ring (bicyclic) bond motifs is 1. The van der Waals surface area contributed by atoms with Crippen molar-refractivity contribution in [2.45, 2.75) is 69.9 Å². The van der Waals surface area contributed by atoms with Crippen LogP contribution in [-0.2, 0) is 4.79 Å². The van der Waals surface area contributed by atoms with Crippen molar-refractivity contribution in [1.82, 2.24) is 0 Å². The summed E-state index contributed by atoms with van der Waals surface area (Å²) in [6.07, 6.45) is -0.470. The Bertz CT molecular complexity index is 414. The molecule has 5 heteroatoms. The fourth-order valence-electron chi connectivity index (χ4n) is 4.12. The van der Waals surface area contributed by atoms with Gasteiger partial charge in [-0.2, -0.15) is 0 Å². The summed E-state index contributed by atoms with van der Waals surface area (Å²) in [5, 5.41) is 42.2. The van der Waals surface area contributed by atoms with Crippen LogP contribution in [0, 0.1) is 17.8 Å². The third-order valence-electron chi connectivity index (χ3n) is 5.50. The van der Waals surface area contributed by atoms with Crippen LogP contribution in [0.5, 0.6) is 0 Å². The minimum Gasteiger partial charge on any atom is -0.390 e. The Kier molecular flexibility index (Phi) is 3.58. The molecule has 2 aliphatic carbocycles. The number of aliphatic hydroxyl groups excluding tert-OH is 1. The monoisotopic (exact) mass is 286 g/mol. The minimum absolute atomic E-state index is 0.0648. The maximum absolute atomic E-state index is 12.8. The van der Waals surface area contributed by atoms with Crippen LogP contribution < -0.4 is 0 Å². The Morgan fingerprint density at radius 2 is 1.70 bits per heavy atom. The summed E-state index contributed by atoms with van der Waals surface area (Å²) in [5.41, 5.74) is -4.45. The van der Waals surface area contributed by atoms with Crippen molar-refractivity contribution in [3.63, 3.8) is 0 Å². The van der Waals surface area contributed by atoms with Crippen LogP contribution in [0.3, 0.4) is 0 Å². The third kappa shape index (κ3) is 2.03. The van der Waals surface area contributed by atoms with Gasteiger partial charge in [-0.1, -0.05) is 13.8 Å². The molecule has 20 heavy (non-hydrogen) atoms. The lowest BCUT2D eigenvalue weighted by Crippen LogP contribution is -2.57. The van der Waals surface area contributed by atoms with E-state index in [0.29, 0.717) is 12.8 Å². The Hall–Kier alpha value is -0.490. The highest BCUT2D eigenvalue weighted by atomic mass is 16.4. The summed E-state index contributed by atoms with van der Waals surface area (Å²) in [6.45, 7) is 6.48. The summed E-state index contributed by atoms with van der Waals surface area (Å²) < 4.78 is 0. The first-order valence-electron chi connectivity index (χ1n) is 7.34. The largest absolute Gasteiger partial charge is 0.390 e. The van der Waals surface area contributed by atoms with E-state index in [0.717, 1.165) is 0 Å². The molecule has 0 radical (unpaired) electrons. The molecule has 2 aliphatic rings. The second kappa shape index (κ2) is 4.50. The van der Waals surface area contributed by atoms with Crippen molar-refractivity contribution in [3.8, 4) is 0 Å².